The number of carbonyl (C=O) groups is 4. The molecule has 2 aliphatic rings. The lowest BCUT2D eigenvalue weighted by atomic mass is 9.76. The zero-order valence-corrected chi connectivity index (χ0v) is 29.1. The van der Waals surface area contributed by atoms with E-state index in [-0.39, 0.29) is 51.7 Å². The fourth-order valence-electron chi connectivity index (χ4n) is 5.68. The lowest BCUT2D eigenvalue weighted by molar-refractivity contribution is -0.158. The van der Waals surface area contributed by atoms with E-state index in [0.29, 0.717) is 0 Å². The molecule has 2 amide bonds. The maximum absolute atomic E-state index is 13.2. The molecule has 4 rings (SSSR count). The summed E-state index contributed by atoms with van der Waals surface area (Å²) in [7, 11) is 0. The number of aliphatic hydroxyl groups excluding tert-OH is 2. The second-order valence-electron chi connectivity index (χ2n) is 14.1. The van der Waals surface area contributed by atoms with Crippen molar-refractivity contribution >= 4 is 24.1 Å². The molecule has 0 bridgehead atoms. The predicted octanol–water partition coefficient (Wildman–Crippen LogP) is 5.58. The van der Waals surface area contributed by atoms with E-state index < -0.39 is 77.7 Å². The van der Waals surface area contributed by atoms with Gasteiger partial charge in [-0.25, -0.2) is 36.7 Å². The quantitative estimate of drug-likeness (QED) is 0.0932. The number of amides is 2. The molecule has 0 aliphatic heterocycles. The maximum Gasteiger partial charge on any atom is 0.407 e. The van der Waals surface area contributed by atoms with Crippen LogP contribution in [0.5, 0.6) is 0 Å². The lowest BCUT2D eigenvalue weighted by Gasteiger charge is -2.37. The topological polar surface area (TPSA) is 181 Å². The molecule has 2 aromatic carbocycles. The number of ether oxygens (including phenoxy) is 3. The van der Waals surface area contributed by atoms with E-state index in [1.165, 1.54) is 0 Å². The highest BCUT2D eigenvalue weighted by molar-refractivity contribution is 5.77. The third-order valence-corrected chi connectivity index (χ3v) is 8.22. The summed E-state index contributed by atoms with van der Waals surface area (Å²) in [6, 6.07) is 15.6. The van der Waals surface area contributed by atoms with E-state index in [1.807, 2.05) is 12.1 Å². The molecule has 52 heavy (non-hydrogen) atoms. The number of alkyl carbamates (subject to hydrolysis) is 2. The van der Waals surface area contributed by atoms with Gasteiger partial charge in [-0.05, 0) is 56.6 Å². The molecule has 12 nitrogen and oxygen atoms in total. The molecule has 2 aliphatic carbocycles. The molecule has 2 saturated carbocycles. The average Bonchev–Trinajstić information content (AvgIpc) is 3.03. The number of carbonyl (C=O) groups excluding carboxylic acids is 3. The zero-order valence-electron chi connectivity index (χ0n) is 29.1. The Kier molecular flexibility index (Phi) is 14.8. The van der Waals surface area contributed by atoms with Crippen LogP contribution in [0.4, 0.5) is 27.2 Å². The highest BCUT2D eigenvalue weighted by Crippen LogP contribution is 2.45. The minimum absolute atomic E-state index is 0.00452. The predicted molar refractivity (Wildman–Crippen MR) is 177 cm³/mol. The number of halogens is 4. The zero-order chi connectivity index (χ0) is 38.7. The van der Waals surface area contributed by atoms with Crippen LogP contribution in [0.15, 0.2) is 60.7 Å². The largest absolute Gasteiger partial charge is 0.479 e. The van der Waals surface area contributed by atoms with Gasteiger partial charge in [0.2, 0.25) is 11.8 Å². The number of nitrogens with one attached hydrogen (secondary N) is 2. The molecule has 0 saturated heterocycles. The monoisotopic (exact) mass is 742 g/mol. The Labute approximate surface area is 298 Å². The molecular formula is C36H46F4N2O10. The van der Waals surface area contributed by atoms with Crippen LogP contribution in [-0.2, 0) is 37.0 Å². The number of aliphatic carboxylic acids is 1. The fourth-order valence-corrected chi connectivity index (χ4v) is 5.68. The Balaban J connectivity index is 0.000000304. The molecule has 0 aromatic heterocycles. The number of hydrogen-bond acceptors (Lipinski definition) is 9. The first kappa shape index (κ1) is 42.0. The van der Waals surface area contributed by atoms with Gasteiger partial charge in [-0.3, -0.25) is 0 Å². The second kappa shape index (κ2) is 18.4. The first-order valence-corrected chi connectivity index (χ1v) is 16.7. The van der Waals surface area contributed by atoms with E-state index in [1.54, 1.807) is 69.3 Å². The molecule has 4 atom stereocenters. The Bertz CT molecular complexity index is 1460. The van der Waals surface area contributed by atoms with Crippen molar-refractivity contribution in [1.82, 2.24) is 10.6 Å². The summed E-state index contributed by atoms with van der Waals surface area (Å²) in [5, 5.41) is 33.5. The number of esters is 1. The van der Waals surface area contributed by atoms with Gasteiger partial charge < -0.3 is 40.2 Å². The highest BCUT2D eigenvalue weighted by Gasteiger charge is 2.48. The summed E-state index contributed by atoms with van der Waals surface area (Å²) < 4.78 is 67.2. The van der Waals surface area contributed by atoms with Crippen LogP contribution >= 0.6 is 0 Å². The van der Waals surface area contributed by atoms with E-state index in [9.17, 15) is 47.0 Å². The molecule has 4 unspecified atom stereocenters. The van der Waals surface area contributed by atoms with Crippen molar-refractivity contribution in [3.8, 4) is 0 Å². The number of carboxylic acids is 1. The summed E-state index contributed by atoms with van der Waals surface area (Å²) in [5.74, 6) is -8.82. The summed E-state index contributed by atoms with van der Waals surface area (Å²) >= 11 is 0. The molecule has 0 radical (unpaired) electrons. The SMILES string of the molecule is CC(C)(C)OC(=O)NC(CC1CC(F)(F)C1)C(O)C(=O)O.O=C(NC(CC1CC(F)(F)C1)C(O)C(=O)OCc1ccccc1)OCc1ccccc1. The maximum atomic E-state index is 13.2. The van der Waals surface area contributed by atoms with Crippen molar-refractivity contribution in [2.45, 2.75) is 114 Å². The molecule has 0 heterocycles. The number of hydrogen-bond donors (Lipinski definition) is 5. The third-order valence-electron chi connectivity index (χ3n) is 8.22. The molecule has 0 spiro atoms. The standard InChI is InChI=1S/C23H25F2NO5.C13H21F2NO5/c24-23(25)12-18(13-23)11-19(26-22(29)31-15-17-9-5-2-6-10-17)20(27)21(28)30-14-16-7-3-1-4-8-16;1-12(2,3)21-11(20)16-8(9(17)10(18)19)4-7-5-13(14,15)6-7/h1-10,18-20,27H,11-15H2,(H,26,29);7-9,17H,4-6H2,1-3H3,(H,16,20)(H,18,19). The van der Waals surface area contributed by atoms with Gasteiger partial charge in [-0.15, -0.1) is 0 Å². The van der Waals surface area contributed by atoms with E-state index >= 15 is 0 Å². The van der Waals surface area contributed by atoms with Crippen LogP contribution < -0.4 is 10.6 Å². The first-order chi connectivity index (χ1) is 24.2. The first-order valence-electron chi connectivity index (χ1n) is 16.7. The van der Waals surface area contributed by atoms with Gasteiger partial charge in [-0.2, -0.15) is 0 Å². The van der Waals surface area contributed by atoms with Crippen molar-refractivity contribution in [3.63, 3.8) is 0 Å². The van der Waals surface area contributed by atoms with Crippen LogP contribution in [0.2, 0.25) is 0 Å². The van der Waals surface area contributed by atoms with Gasteiger partial charge in [-0.1, -0.05) is 60.7 Å². The van der Waals surface area contributed by atoms with E-state index in [0.717, 1.165) is 11.1 Å². The van der Waals surface area contributed by atoms with Crippen LogP contribution in [0.1, 0.15) is 70.4 Å². The molecule has 288 valence electrons. The average molecular weight is 743 g/mol. The summed E-state index contributed by atoms with van der Waals surface area (Å²) in [6.07, 6.45) is -6.79. The number of benzene rings is 2. The van der Waals surface area contributed by atoms with Gasteiger partial charge in [0.25, 0.3) is 0 Å². The minimum Gasteiger partial charge on any atom is -0.479 e. The molecule has 2 aromatic rings. The lowest BCUT2D eigenvalue weighted by Crippen LogP contribution is -2.51. The van der Waals surface area contributed by atoms with Crippen molar-refractivity contribution in [2.75, 3.05) is 0 Å². The van der Waals surface area contributed by atoms with E-state index in [2.05, 4.69) is 10.6 Å². The Hall–Kier alpha value is -4.44. The minimum atomic E-state index is -2.75. The fraction of sp³-hybridized carbons (Fsp3) is 0.556. The summed E-state index contributed by atoms with van der Waals surface area (Å²) in [6.45, 7) is 4.82. The Morgan fingerprint density at radius 2 is 1.12 bits per heavy atom. The molecule has 2 fully saturated rings. The smallest absolute Gasteiger partial charge is 0.407 e. The second-order valence-corrected chi connectivity index (χ2v) is 14.1. The van der Waals surface area contributed by atoms with Crippen LogP contribution in [0, 0.1) is 11.8 Å². The van der Waals surface area contributed by atoms with Crippen LogP contribution in [0.3, 0.4) is 0 Å². The molecule has 5 N–H and O–H groups in total. The van der Waals surface area contributed by atoms with Gasteiger partial charge >= 0.3 is 24.1 Å². The number of aliphatic hydroxyl groups is 2. The summed E-state index contributed by atoms with van der Waals surface area (Å²) in [5.41, 5.74) is 0.705. The van der Waals surface area contributed by atoms with Gasteiger partial charge in [0, 0.05) is 25.7 Å². The number of carboxylic acid groups (broad SMARTS) is 1. The van der Waals surface area contributed by atoms with Gasteiger partial charge in [0.1, 0.15) is 18.8 Å². The van der Waals surface area contributed by atoms with Crippen LogP contribution in [-0.4, -0.2) is 81.2 Å². The number of alkyl halides is 4. The Morgan fingerprint density at radius 3 is 1.52 bits per heavy atom. The van der Waals surface area contributed by atoms with Gasteiger partial charge in [0.05, 0.1) is 12.1 Å². The highest BCUT2D eigenvalue weighted by atomic mass is 19.3. The molecule has 16 heteroatoms. The van der Waals surface area contributed by atoms with Crippen molar-refractivity contribution in [3.05, 3.63) is 71.8 Å². The van der Waals surface area contributed by atoms with Crippen molar-refractivity contribution in [2.24, 2.45) is 11.8 Å². The Morgan fingerprint density at radius 1 is 0.712 bits per heavy atom. The number of rotatable bonds is 14. The van der Waals surface area contributed by atoms with Crippen molar-refractivity contribution in [1.29, 1.82) is 0 Å². The van der Waals surface area contributed by atoms with Crippen molar-refractivity contribution < 1.29 is 66.3 Å². The molecular weight excluding hydrogens is 696 g/mol. The van der Waals surface area contributed by atoms with Gasteiger partial charge in [0.15, 0.2) is 12.2 Å². The summed E-state index contributed by atoms with van der Waals surface area (Å²) in [4.78, 5) is 47.0. The normalized spacial score (nSPS) is 18.7. The van der Waals surface area contributed by atoms with E-state index in [4.69, 9.17) is 19.3 Å². The van der Waals surface area contributed by atoms with Crippen LogP contribution in [0.25, 0.3) is 0 Å². The third kappa shape index (κ3) is 14.7.